The maximum atomic E-state index is 14.3. The highest BCUT2D eigenvalue weighted by Gasteiger charge is 2.50. The van der Waals surface area contributed by atoms with Crippen LogP contribution in [0, 0.1) is 23.7 Å². The topological polar surface area (TPSA) is 110 Å². The first-order chi connectivity index (χ1) is 21.8. The minimum absolute atomic E-state index is 0.0803. The number of benzene rings is 2. The molecule has 4 aliphatic carbocycles. The number of hydrogen-bond acceptors (Lipinski definition) is 6. The highest BCUT2D eigenvalue weighted by Crippen LogP contribution is 2.54. The normalized spacial score (nSPS) is 25.3. The van der Waals surface area contributed by atoms with E-state index in [1.807, 2.05) is 60.8 Å². The molecular weight excluding hydrogens is 586 g/mol. The van der Waals surface area contributed by atoms with Gasteiger partial charge in [-0.05, 0) is 93.2 Å². The molecule has 0 spiro atoms. The molecule has 3 N–H and O–H groups in total. The zero-order chi connectivity index (χ0) is 31.4. The number of thioether (sulfide) groups is 1. The molecule has 9 heteroatoms. The number of fused-ring (bicyclic) bond motifs is 1. The van der Waals surface area contributed by atoms with Gasteiger partial charge in [0.15, 0.2) is 0 Å². The van der Waals surface area contributed by atoms with E-state index in [0.717, 1.165) is 59.5 Å². The Morgan fingerprint density at radius 1 is 0.978 bits per heavy atom. The molecule has 240 valence electrons. The number of alkyl carbamates (subject to hydrolysis) is 1. The lowest BCUT2D eigenvalue weighted by Gasteiger charge is -2.53. The van der Waals surface area contributed by atoms with Gasteiger partial charge in [0.25, 0.3) is 0 Å². The Morgan fingerprint density at radius 2 is 1.67 bits per heavy atom. The second-order valence-corrected chi connectivity index (χ2v) is 14.5. The Labute approximate surface area is 269 Å². The van der Waals surface area contributed by atoms with Crippen molar-refractivity contribution >= 4 is 40.6 Å². The lowest BCUT2D eigenvalue weighted by atomic mass is 9.55. The average Bonchev–Trinajstić information content (AvgIpc) is 3.41. The van der Waals surface area contributed by atoms with Gasteiger partial charge in [-0.3, -0.25) is 9.59 Å². The number of esters is 1. The number of H-pyrrole nitrogens is 1. The van der Waals surface area contributed by atoms with Crippen LogP contribution in [0.5, 0.6) is 0 Å². The Balaban J connectivity index is 1.20. The molecule has 3 aromatic rings. The van der Waals surface area contributed by atoms with Crippen molar-refractivity contribution in [2.45, 2.75) is 76.5 Å². The number of para-hydroxylation sites is 1. The maximum Gasteiger partial charge on any atom is 0.408 e. The van der Waals surface area contributed by atoms with Crippen molar-refractivity contribution in [3.05, 3.63) is 71.9 Å². The SMILES string of the molecule is CCOC(=O)CSC[C@H](Cc1ccccc1)NC(=O)[C@@](C)(Cc1c[nH]c2ccccc12)NC(=O)OC1C2CC3CC(C2)CC1C3. The minimum atomic E-state index is -1.28. The van der Waals surface area contributed by atoms with Gasteiger partial charge in [0.1, 0.15) is 11.6 Å². The van der Waals surface area contributed by atoms with Crippen LogP contribution in [0.2, 0.25) is 0 Å². The average molecular weight is 632 g/mol. The first-order valence-electron chi connectivity index (χ1n) is 16.4. The number of hydrogen-bond donors (Lipinski definition) is 3. The molecule has 4 bridgehead atoms. The zero-order valence-corrected chi connectivity index (χ0v) is 27.1. The molecule has 0 aliphatic heterocycles. The molecule has 2 amide bonds. The molecule has 4 fully saturated rings. The number of rotatable bonds is 13. The minimum Gasteiger partial charge on any atom is -0.465 e. The van der Waals surface area contributed by atoms with Crippen molar-refractivity contribution in [2.24, 2.45) is 23.7 Å². The third kappa shape index (κ3) is 7.51. The van der Waals surface area contributed by atoms with E-state index in [0.29, 0.717) is 30.6 Å². The number of nitrogens with one attached hydrogen (secondary N) is 3. The standard InChI is InChI=1S/C36H45N3O5S/c1-3-43-32(40)22-45-21-29(18-23-9-5-4-6-10-23)38-34(41)36(2,19-28-20-37-31-12-8-7-11-30(28)31)39-35(42)44-33-26-14-24-13-25(16-26)17-27(33)15-24/h4-12,20,24-27,29,33,37H,3,13-19,21-22H2,1-2H3,(H,38,41)(H,39,42)/t24?,25?,26?,27?,29-,33?,36+/m0/s1. The molecule has 4 aliphatic rings. The van der Waals surface area contributed by atoms with E-state index >= 15 is 0 Å². The molecule has 0 unspecified atom stereocenters. The molecule has 8 nitrogen and oxygen atoms in total. The fourth-order valence-electron chi connectivity index (χ4n) is 8.17. The summed E-state index contributed by atoms with van der Waals surface area (Å²) >= 11 is 1.43. The van der Waals surface area contributed by atoms with Gasteiger partial charge in [-0.1, -0.05) is 48.5 Å². The molecule has 45 heavy (non-hydrogen) atoms. The van der Waals surface area contributed by atoms with Gasteiger partial charge in [0, 0.05) is 35.3 Å². The molecule has 2 aromatic carbocycles. The molecule has 1 heterocycles. The molecule has 0 saturated heterocycles. The number of ether oxygens (including phenoxy) is 2. The number of carbonyl (C=O) groups is 3. The summed E-state index contributed by atoms with van der Waals surface area (Å²) in [4.78, 5) is 43.3. The molecule has 0 radical (unpaired) electrons. The predicted molar refractivity (Wildman–Crippen MR) is 177 cm³/mol. The van der Waals surface area contributed by atoms with Crippen LogP contribution in [0.4, 0.5) is 4.79 Å². The second kappa shape index (κ2) is 13.9. The number of carbonyl (C=O) groups excluding carboxylic acids is 3. The third-order valence-electron chi connectivity index (χ3n) is 9.99. The van der Waals surface area contributed by atoms with Crippen LogP contribution in [0.1, 0.15) is 57.1 Å². The van der Waals surface area contributed by atoms with Gasteiger partial charge >= 0.3 is 12.1 Å². The summed E-state index contributed by atoms with van der Waals surface area (Å²) in [5, 5.41) is 7.30. The molecule has 4 saturated carbocycles. The van der Waals surface area contributed by atoms with Crippen molar-refractivity contribution in [3.63, 3.8) is 0 Å². The van der Waals surface area contributed by atoms with Gasteiger partial charge in [-0.2, -0.15) is 0 Å². The highest BCUT2D eigenvalue weighted by atomic mass is 32.2. The van der Waals surface area contributed by atoms with Crippen LogP contribution in [0.15, 0.2) is 60.8 Å². The summed E-state index contributed by atoms with van der Waals surface area (Å²) in [6, 6.07) is 17.7. The van der Waals surface area contributed by atoms with Gasteiger partial charge in [-0.25, -0.2) is 4.79 Å². The van der Waals surface area contributed by atoms with E-state index in [4.69, 9.17) is 9.47 Å². The van der Waals surface area contributed by atoms with Crippen LogP contribution in [-0.4, -0.2) is 58.8 Å². The molecule has 1 aromatic heterocycles. The van der Waals surface area contributed by atoms with Crippen molar-refractivity contribution in [3.8, 4) is 0 Å². The van der Waals surface area contributed by atoms with Gasteiger partial charge in [-0.15, -0.1) is 11.8 Å². The van der Waals surface area contributed by atoms with E-state index in [-0.39, 0.29) is 36.2 Å². The van der Waals surface area contributed by atoms with Crippen molar-refractivity contribution in [1.29, 1.82) is 0 Å². The third-order valence-corrected chi connectivity index (χ3v) is 11.1. The second-order valence-electron chi connectivity index (χ2n) is 13.5. The van der Waals surface area contributed by atoms with E-state index in [1.165, 1.54) is 18.2 Å². The largest absolute Gasteiger partial charge is 0.465 e. The monoisotopic (exact) mass is 631 g/mol. The number of aromatic nitrogens is 1. The smallest absolute Gasteiger partial charge is 0.408 e. The van der Waals surface area contributed by atoms with Crippen molar-refractivity contribution in [2.75, 3.05) is 18.1 Å². The number of amides is 2. The molecular formula is C36H45N3O5S. The lowest BCUT2D eigenvalue weighted by Crippen LogP contribution is -2.61. The number of aromatic amines is 1. The fourth-order valence-corrected chi connectivity index (χ4v) is 9.02. The summed E-state index contributed by atoms with van der Waals surface area (Å²) < 4.78 is 11.3. The summed E-state index contributed by atoms with van der Waals surface area (Å²) in [5.74, 6) is 2.56. The lowest BCUT2D eigenvalue weighted by molar-refractivity contribution is -0.139. The fraction of sp³-hybridized carbons (Fsp3) is 0.528. The van der Waals surface area contributed by atoms with Crippen LogP contribution in [-0.2, 0) is 31.9 Å². The van der Waals surface area contributed by atoms with E-state index in [9.17, 15) is 14.4 Å². The van der Waals surface area contributed by atoms with E-state index in [2.05, 4.69) is 15.6 Å². The highest BCUT2D eigenvalue weighted by molar-refractivity contribution is 7.99. The summed E-state index contributed by atoms with van der Waals surface area (Å²) in [6.07, 6.45) is 8.08. The Kier molecular flexibility index (Phi) is 9.73. The Bertz CT molecular complexity index is 1460. The zero-order valence-electron chi connectivity index (χ0n) is 26.3. The van der Waals surface area contributed by atoms with Crippen LogP contribution in [0.3, 0.4) is 0 Å². The van der Waals surface area contributed by atoms with Gasteiger partial charge in [0.05, 0.1) is 12.4 Å². The van der Waals surface area contributed by atoms with Crippen molar-refractivity contribution in [1.82, 2.24) is 15.6 Å². The Morgan fingerprint density at radius 3 is 2.38 bits per heavy atom. The first-order valence-corrected chi connectivity index (χ1v) is 17.6. The first kappa shape index (κ1) is 31.5. The Hall–Kier alpha value is -3.46. The maximum absolute atomic E-state index is 14.3. The summed E-state index contributed by atoms with van der Waals surface area (Å²) in [5.41, 5.74) is 1.71. The summed E-state index contributed by atoms with van der Waals surface area (Å²) in [7, 11) is 0. The van der Waals surface area contributed by atoms with Crippen LogP contribution in [0.25, 0.3) is 10.9 Å². The molecule has 2 atom stereocenters. The van der Waals surface area contributed by atoms with Crippen molar-refractivity contribution < 1.29 is 23.9 Å². The predicted octanol–water partition coefficient (Wildman–Crippen LogP) is 6.04. The molecule has 7 rings (SSSR count). The van der Waals surface area contributed by atoms with Gasteiger partial charge in [0.2, 0.25) is 5.91 Å². The van der Waals surface area contributed by atoms with E-state index in [1.54, 1.807) is 13.8 Å². The van der Waals surface area contributed by atoms with E-state index < -0.39 is 11.6 Å². The quantitative estimate of drug-likeness (QED) is 0.199. The van der Waals surface area contributed by atoms with Crippen LogP contribution >= 0.6 is 11.8 Å². The van der Waals surface area contributed by atoms with Gasteiger partial charge < -0.3 is 25.1 Å². The van der Waals surface area contributed by atoms with Crippen LogP contribution < -0.4 is 10.6 Å². The summed E-state index contributed by atoms with van der Waals surface area (Å²) in [6.45, 7) is 3.91.